The van der Waals surface area contributed by atoms with Crippen LogP contribution in [0.2, 0.25) is 0 Å². The summed E-state index contributed by atoms with van der Waals surface area (Å²) in [6, 6.07) is 19.0. The van der Waals surface area contributed by atoms with Crippen LogP contribution < -0.4 is 20.1 Å². The number of halogens is 2. The van der Waals surface area contributed by atoms with E-state index in [0.29, 0.717) is 25.3 Å². The van der Waals surface area contributed by atoms with Gasteiger partial charge in [-0.25, -0.2) is 8.78 Å². The first-order chi connectivity index (χ1) is 21.5. The number of anilines is 1. The normalized spacial score (nSPS) is 20.3. The van der Waals surface area contributed by atoms with Crippen molar-refractivity contribution >= 4 is 23.4 Å². The van der Waals surface area contributed by atoms with Gasteiger partial charge < -0.3 is 19.3 Å². The minimum absolute atomic E-state index is 0.0531. The number of carbonyl (C=O) groups is 1. The third-order valence-corrected chi connectivity index (χ3v) is 9.81. The van der Waals surface area contributed by atoms with Crippen molar-refractivity contribution in [3.8, 4) is 5.75 Å². The minimum atomic E-state index is -0.905. The molecule has 44 heavy (non-hydrogen) atoms. The Bertz CT molecular complexity index is 1850. The average molecular weight is 615 g/mol. The van der Waals surface area contributed by atoms with Crippen LogP contribution >= 0.6 is 11.8 Å². The highest BCUT2D eigenvalue weighted by atomic mass is 32.2. The van der Waals surface area contributed by atoms with E-state index in [0.717, 1.165) is 27.5 Å². The van der Waals surface area contributed by atoms with Gasteiger partial charge in [0.1, 0.15) is 18.8 Å². The molecule has 1 aromatic heterocycles. The molecule has 1 amide bonds. The summed E-state index contributed by atoms with van der Waals surface area (Å²) in [5.41, 5.74) is 3.25. The second-order valence-corrected chi connectivity index (χ2v) is 12.3. The van der Waals surface area contributed by atoms with E-state index in [1.807, 2.05) is 47.5 Å². The lowest BCUT2D eigenvalue weighted by atomic mass is 9.93. The van der Waals surface area contributed by atoms with Crippen molar-refractivity contribution in [3.63, 3.8) is 0 Å². The van der Waals surface area contributed by atoms with Gasteiger partial charge in [0.15, 0.2) is 23.1 Å². The number of hydrogen-bond acceptors (Lipinski definition) is 7. The first kappa shape index (κ1) is 27.2. The molecule has 0 saturated carbocycles. The van der Waals surface area contributed by atoms with Gasteiger partial charge in [-0.05, 0) is 23.3 Å². The van der Waals surface area contributed by atoms with Crippen LogP contribution in [0.15, 0.2) is 82.6 Å². The van der Waals surface area contributed by atoms with Crippen LogP contribution in [-0.4, -0.2) is 53.7 Å². The number of amides is 1. The lowest BCUT2D eigenvalue weighted by molar-refractivity contribution is -0.0198. The van der Waals surface area contributed by atoms with E-state index in [1.165, 1.54) is 12.1 Å². The zero-order valence-electron chi connectivity index (χ0n) is 23.6. The fraction of sp³-hybridized carbons (Fsp3) is 0.273. The van der Waals surface area contributed by atoms with Crippen LogP contribution in [0.25, 0.3) is 0 Å². The van der Waals surface area contributed by atoms with Crippen LogP contribution in [0.5, 0.6) is 5.75 Å². The summed E-state index contributed by atoms with van der Waals surface area (Å²) in [6.45, 7) is 1.81. The van der Waals surface area contributed by atoms with Crippen molar-refractivity contribution in [2.45, 2.75) is 30.3 Å². The molecular weight excluding hydrogens is 586 g/mol. The molecule has 4 aliphatic rings. The fourth-order valence-corrected chi connectivity index (χ4v) is 7.90. The number of aromatic nitrogens is 1. The van der Waals surface area contributed by atoms with Crippen molar-refractivity contribution in [2.24, 2.45) is 0 Å². The van der Waals surface area contributed by atoms with Crippen LogP contribution in [0.4, 0.5) is 14.5 Å². The first-order valence-corrected chi connectivity index (χ1v) is 15.6. The van der Waals surface area contributed by atoms with Crippen molar-refractivity contribution in [1.29, 1.82) is 0 Å². The molecule has 1 fully saturated rings. The highest BCUT2D eigenvalue weighted by Gasteiger charge is 2.47. The SMILES string of the molecule is O=C1c2c(OCc3ccccc3)c(=O)ccn2N(C2c3ccc(F)c(F)c3CN3CCSc4cccc2c43)C2COCCN12. The number of benzene rings is 3. The first-order valence-electron chi connectivity index (χ1n) is 14.6. The standard InChI is InChI=1S/C33H28F2N4O4S/c34-24-10-9-21-23(28(24)35)17-36-14-16-44-26-8-4-7-22(30(26)36)29(21)39-27-19-42-15-13-37(27)33(41)31-32(25(40)11-12-38(31)39)43-18-20-5-2-1-3-6-20/h1-12,27,29H,13-19H2. The maximum Gasteiger partial charge on any atom is 0.278 e. The summed E-state index contributed by atoms with van der Waals surface area (Å²) in [6.07, 6.45) is 0.987. The fourth-order valence-electron chi connectivity index (χ4n) is 6.81. The van der Waals surface area contributed by atoms with Gasteiger partial charge in [0, 0.05) is 53.7 Å². The molecule has 8 nitrogen and oxygen atoms in total. The molecule has 0 aliphatic carbocycles. The highest BCUT2D eigenvalue weighted by molar-refractivity contribution is 7.99. The maximum absolute atomic E-state index is 15.7. The summed E-state index contributed by atoms with van der Waals surface area (Å²) in [5, 5.41) is 1.97. The number of fused-ring (bicyclic) bond motifs is 3. The summed E-state index contributed by atoms with van der Waals surface area (Å²) in [5.74, 6) is -1.36. The van der Waals surface area contributed by atoms with E-state index < -0.39 is 29.3 Å². The molecule has 224 valence electrons. The Kier molecular flexibility index (Phi) is 6.60. The number of ether oxygens (including phenoxy) is 2. The Labute approximate surface area is 256 Å². The second kappa shape index (κ2) is 10.7. The summed E-state index contributed by atoms with van der Waals surface area (Å²) < 4.78 is 44.2. The molecule has 0 spiro atoms. The quantitative estimate of drug-likeness (QED) is 0.331. The molecule has 1 saturated heterocycles. The van der Waals surface area contributed by atoms with E-state index in [1.54, 1.807) is 33.6 Å². The number of hydrogen-bond donors (Lipinski definition) is 0. The molecule has 0 N–H and O–H groups in total. The highest BCUT2D eigenvalue weighted by Crippen LogP contribution is 2.48. The van der Waals surface area contributed by atoms with E-state index in [9.17, 15) is 14.0 Å². The lowest BCUT2D eigenvalue weighted by Gasteiger charge is -2.51. The minimum Gasteiger partial charge on any atom is -0.482 e. The van der Waals surface area contributed by atoms with Gasteiger partial charge in [-0.1, -0.05) is 48.5 Å². The lowest BCUT2D eigenvalue weighted by Crippen LogP contribution is -2.66. The van der Waals surface area contributed by atoms with Crippen molar-refractivity contribution in [2.75, 3.05) is 42.0 Å². The summed E-state index contributed by atoms with van der Waals surface area (Å²) >= 11 is 1.73. The van der Waals surface area contributed by atoms with Gasteiger partial charge in [0.2, 0.25) is 5.43 Å². The molecule has 11 heteroatoms. The number of nitrogens with zero attached hydrogens (tertiary/aromatic N) is 4. The van der Waals surface area contributed by atoms with Crippen molar-refractivity contribution < 1.29 is 23.0 Å². The maximum atomic E-state index is 15.7. The van der Waals surface area contributed by atoms with E-state index in [-0.39, 0.29) is 42.7 Å². The topological polar surface area (TPSA) is 67.2 Å². The predicted octanol–water partition coefficient (Wildman–Crippen LogP) is 4.67. The Morgan fingerprint density at radius 1 is 0.955 bits per heavy atom. The van der Waals surface area contributed by atoms with Gasteiger partial charge >= 0.3 is 0 Å². The average Bonchev–Trinajstić information content (AvgIpc) is 3.19. The number of morpholine rings is 1. The number of carbonyl (C=O) groups excluding carboxylic acids is 1. The zero-order chi connectivity index (χ0) is 29.9. The summed E-state index contributed by atoms with van der Waals surface area (Å²) in [4.78, 5) is 32.4. The Morgan fingerprint density at radius 3 is 2.68 bits per heavy atom. The van der Waals surface area contributed by atoms with Crippen LogP contribution in [0, 0.1) is 11.6 Å². The molecule has 2 atom stereocenters. The van der Waals surface area contributed by atoms with Crippen molar-refractivity contribution in [3.05, 3.63) is 123 Å². The Hall–Kier alpha value is -4.35. The number of rotatable bonds is 4. The largest absolute Gasteiger partial charge is 0.482 e. The number of thioether (sulfide) groups is 1. The molecule has 0 bridgehead atoms. The van der Waals surface area contributed by atoms with Crippen LogP contribution in [-0.2, 0) is 17.9 Å². The second-order valence-electron chi connectivity index (χ2n) is 11.2. The Morgan fingerprint density at radius 2 is 1.82 bits per heavy atom. The summed E-state index contributed by atoms with van der Waals surface area (Å²) in [7, 11) is 0. The third kappa shape index (κ3) is 4.21. The number of pyridine rings is 1. The Balaban J connectivity index is 1.37. The molecule has 0 radical (unpaired) electrons. The van der Waals surface area contributed by atoms with Gasteiger partial charge in [-0.2, -0.15) is 0 Å². The van der Waals surface area contributed by atoms with Gasteiger partial charge in [-0.15, -0.1) is 11.8 Å². The van der Waals surface area contributed by atoms with Crippen LogP contribution in [0.1, 0.15) is 38.8 Å². The molecule has 2 unspecified atom stereocenters. The van der Waals surface area contributed by atoms with E-state index in [2.05, 4.69) is 11.0 Å². The molecule has 5 heterocycles. The van der Waals surface area contributed by atoms with E-state index >= 15 is 4.39 Å². The van der Waals surface area contributed by atoms with Crippen LogP contribution in [0.3, 0.4) is 0 Å². The van der Waals surface area contributed by atoms with Gasteiger partial charge in [-0.3, -0.25) is 19.3 Å². The number of para-hydroxylation sites is 1. The predicted molar refractivity (Wildman–Crippen MR) is 162 cm³/mol. The van der Waals surface area contributed by atoms with Gasteiger partial charge in [0.25, 0.3) is 5.91 Å². The smallest absolute Gasteiger partial charge is 0.278 e. The molecule has 8 rings (SSSR count). The monoisotopic (exact) mass is 614 g/mol. The molecule has 3 aromatic carbocycles. The van der Waals surface area contributed by atoms with Crippen molar-refractivity contribution in [1.82, 2.24) is 9.58 Å². The molecular formula is C33H28F2N4O4S. The van der Waals surface area contributed by atoms with E-state index in [4.69, 9.17) is 9.47 Å². The zero-order valence-corrected chi connectivity index (χ0v) is 24.4. The molecule has 4 aromatic rings. The molecule has 4 aliphatic heterocycles. The third-order valence-electron chi connectivity index (χ3n) is 8.78. The van der Waals surface area contributed by atoms with Gasteiger partial charge in [0.05, 0.1) is 18.9 Å².